The van der Waals surface area contributed by atoms with Gasteiger partial charge in [0, 0.05) is 6.04 Å². The minimum atomic E-state index is -1.11. The highest BCUT2D eigenvalue weighted by molar-refractivity contribution is 5.97. The second-order valence-corrected chi connectivity index (χ2v) is 5.77. The molecule has 1 rings (SSSR count). The van der Waals surface area contributed by atoms with Crippen molar-refractivity contribution in [2.75, 3.05) is 0 Å². The maximum absolute atomic E-state index is 12.0. The maximum atomic E-state index is 12.0. The molecule has 0 heterocycles. The Morgan fingerprint density at radius 1 is 1.04 bits per heavy atom. The first-order chi connectivity index (χ1) is 11.2. The smallest absolute Gasteiger partial charge is 0.347 e. The number of aryl methyl sites for hydroxylation is 1. The fourth-order valence-electron chi connectivity index (χ4n) is 1.78. The Balaban J connectivity index is 2.50. The van der Waals surface area contributed by atoms with Gasteiger partial charge in [0.05, 0.1) is 0 Å². The number of nitrogens with one attached hydrogen (secondary N) is 2. The van der Waals surface area contributed by atoms with Crippen molar-refractivity contribution in [2.24, 2.45) is 0 Å². The number of hydrogen-bond donors (Lipinski definition) is 2. The predicted molar refractivity (Wildman–Crippen MR) is 88.6 cm³/mol. The van der Waals surface area contributed by atoms with Crippen LogP contribution in [-0.4, -0.2) is 36.2 Å². The van der Waals surface area contributed by atoms with Crippen molar-refractivity contribution in [3.05, 3.63) is 29.8 Å². The van der Waals surface area contributed by atoms with E-state index in [1.54, 1.807) is 26.0 Å². The van der Waals surface area contributed by atoms with E-state index in [4.69, 9.17) is 9.47 Å². The lowest BCUT2D eigenvalue weighted by Gasteiger charge is -2.18. The number of ether oxygens (including phenoxy) is 2. The van der Waals surface area contributed by atoms with E-state index in [-0.39, 0.29) is 6.04 Å². The van der Waals surface area contributed by atoms with Gasteiger partial charge in [0.1, 0.15) is 5.75 Å². The fraction of sp³-hybridized carbons (Fsp3) is 0.471. The van der Waals surface area contributed by atoms with Crippen LogP contribution in [-0.2, 0) is 14.3 Å². The molecule has 1 aromatic rings. The molecule has 0 radical (unpaired) electrons. The SMILES string of the molecule is Cc1cccc(O[C@H](C)C(=O)O[C@@H](C)C(=O)NC(=O)NC(C)C)c1. The molecular formula is C17H24N2O5. The number of urea groups is 1. The summed E-state index contributed by atoms with van der Waals surface area (Å²) in [6, 6.07) is 6.48. The molecule has 2 N–H and O–H groups in total. The van der Waals surface area contributed by atoms with Crippen molar-refractivity contribution < 1.29 is 23.9 Å². The van der Waals surface area contributed by atoms with Crippen LogP contribution >= 0.6 is 0 Å². The van der Waals surface area contributed by atoms with Gasteiger partial charge in [0.15, 0.2) is 12.2 Å². The average molecular weight is 336 g/mol. The van der Waals surface area contributed by atoms with E-state index in [1.807, 2.05) is 19.1 Å². The van der Waals surface area contributed by atoms with Gasteiger partial charge in [-0.05, 0) is 52.3 Å². The molecule has 7 heteroatoms. The minimum Gasteiger partial charge on any atom is -0.479 e. The van der Waals surface area contributed by atoms with Crippen LogP contribution < -0.4 is 15.4 Å². The molecule has 132 valence electrons. The molecule has 24 heavy (non-hydrogen) atoms. The first-order valence-corrected chi connectivity index (χ1v) is 7.74. The van der Waals surface area contributed by atoms with Gasteiger partial charge in [-0.15, -0.1) is 0 Å². The van der Waals surface area contributed by atoms with Crippen LogP contribution in [0.4, 0.5) is 4.79 Å². The van der Waals surface area contributed by atoms with Crippen molar-refractivity contribution >= 4 is 17.9 Å². The van der Waals surface area contributed by atoms with E-state index >= 15 is 0 Å². The largest absolute Gasteiger partial charge is 0.479 e. The maximum Gasteiger partial charge on any atom is 0.347 e. The van der Waals surface area contributed by atoms with E-state index in [1.165, 1.54) is 13.8 Å². The Labute approximate surface area is 141 Å². The molecule has 0 saturated heterocycles. The number of carbonyl (C=O) groups is 3. The molecule has 0 aromatic heterocycles. The third kappa shape index (κ3) is 6.68. The zero-order valence-corrected chi connectivity index (χ0v) is 14.6. The monoisotopic (exact) mass is 336 g/mol. The van der Waals surface area contributed by atoms with E-state index in [0.717, 1.165) is 5.56 Å². The number of imide groups is 1. The Hall–Kier alpha value is -2.57. The van der Waals surface area contributed by atoms with E-state index in [2.05, 4.69) is 10.6 Å². The second-order valence-electron chi connectivity index (χ2n) is 5.77. The van der Waals surface area contributed by atoms with Gasteiger partial charge in [0.25, 0.3) is 5.91 Å². The molecule has 1 aromatic carbocycles. The van der Waals surface area contributed by atoms with Crippen LogP contribution in [0.2, 0.25) is 0 Å². The highest BCUT2D eigenvalue weighted by Gasteiger charge is 2.24. The topological polar surface area (TPSA) is 93.7 Å². The third-order valence-electron chi connectivity index (χ3n) is 2.95. The molecule has 0 unspecified atom stereocenters. The summed E-state index contributed by atoms with van der Waals surface area (Å²) in [5.74, 6) is -0.861. The minimum absolute atomic E-state index is 0.113. The van der Waals surface area contributed by atoms with Crippen LogP contribution in [0.5, 0.6) is 5.75 Å². The molecule has 2 atom stereocenters. The van der Waals surface area contributed by atoms with E-state index < -0.39 is 30.1 Å². The normalized spacial score (nSPS) is 12.9. The van der Waals surface area contributed by atoms with Crippen LogP contribution in [0.1, 0.15) is 33.3 Å². The predicted octanol–water partition coefficient (Wildman–Crippen LogP) is 1.93. The fourth-order valence-corrected chi connectivity index (χ4v) is 1.78. The van der Waals surface area contributed by atoms with Crippen molar-refractivity contribution in [1.29, 1.82) is 0 Å². The number of hydrogen-bond acceptors (Lipinski definition) is 5. The van der Waals surface area contributed by atoms with E-state index in [0.29, 0.717) is 5.75 Å². The Bertz CT molecular complexity index is 600. The molecule has 0 aliphatic heterocycles. The van der Waals surface area contributed by atoms with Gasteiger partial charge in [-0.3, -0.25) is 10.1 Å². The van der Waals surface area contributed by atoms with Crippen molar-refractivity contribution in [3.8, 4) is 5.75 Å². The zero-order chi connectivity index (χ0) is 18.3. The molecule has 0 saturated carbocycles. The van der Waals surface area contributed by atoms with Crippen molar-refractivity contribution in [3.63, 3.8) is 0 Å². The molecule has 0 bridgehead atoms. The van der Waals surface area contributed by atoms with Crippen molar-refractivity contribution in [1.82, 2.24) is 10.6 Å². The van der Waals surface area contributed by atoms with Gasteiger partial charge in [0.2, 0.25) is 0 Å². The standard InChI is InChI=1S/C17H24N2O5/c1-10(2)18-17(22)19-15(20)12(4)24-16(21)13(5)23-14-8-6-7-11(3)9-14/h6-10,12-13H,1-5H3,(H2,18,19,20,22)/t12-,13+/m0/s1. The van der Waals surface area contributed by atoms with Crippen LogP contribution in [0.3, 0.4) is 0 Å². The first kappa shape index (κ1) is 19.5. The lowest BCUT2D eigenvalue weighted by Crippen LogP contribution is -2.47. The number of carbonyl (C=O) groups excluding carboxylic acids is 3. The number of esters is 1. The highest BCUT2D eigenvalue weighted by atomic mass is 16.6. The highest BCUT2D eigenvalue weighted by Crippen LogP contribution is 2.14. The van der Waals surface area contributed by atoms with Gasteiger partial charge in [-0.1, -0.05) is 12.1 Å². The van der Waals surface area contributed by atoms with Crippen LogP contribution in [0, 0.1) is 6.92 Å². The van der Waals surface area contributed by atoms with Gasteiger partial charge in [-0.2, -0.15) is 0 Å². The lowest BCUT2D eigenvalue weighted by atomic mass is 10.2. The summed E-state index contributed by atoms with van der Waals surface area (Å²) in [7, 11) is 0. The summed E-state index contributed by atoms with van der Waals surface area (Å²) in [5, 5.41) is 4.61. The number of rotatable bonds is 6. The van der Waals surface area contributed by atoms with Gasteiger partial charge < -0.3 is 14.8 Å². The molecule has 0 aliphatic carbocycles. The van der Waals surface area contributed by atoms with Crippen molar-refractivity contribution in [2.45, 2.75) is 52.9 Å². The Morgan fingerprint density at radius 2 is 1.71 bits per heavy atom. The van der Waals surface area contributed by atoms with Crippen LogP contribution in [0.25, 0.3) is 0 Å². The summed E-state index contributed by atoms with van der Waals surface area (Å²) in [6.07, 6.45) is -1.99. The molecular weight excluding hydrogens is 312 g/mol. The summed E-state index contributed by atoms with van der Waals surface area (Å²) in [6.45, 7) is 8.34. The quantitative estimate of drug-likeness (QED) is 0.774. The average Bonchev–Trinajstić information content (AvgIpc) is 2.45. The second kappa shape index (κ2) is 8.90. The summed E-state index contributed by atoms with van der Waals surface area (Å²) in [4.78, 5) is 35.2. The van der Waals surface area contributed by atoms with Crippen LogP contribution in [0.15, 0.2) is 24.3 Å². The first-order valence-electron chi connectivity index (χ1n) is 7.74. The number of benzene rings is 1. The molecule has 0 fully saturated rings. The summed E-state index contributed by atoms with van der Waals surface area (Å²) in [5.41, 5.74) is 0.997. The summed E-state index contributed by atoms with van der Waals surface area (Å²) < 4.78 is 10.5. The van der Waals surface area contributed by atoms with Gasteiger partial charge in [-0.25, -0.2) is 9.59 Å². The van der Waals surface area contributed by atoms with E-state index in [9.17, 15) is 14.4 Å². The summed E-state index contributed by atoms with van der Waals surface area (Å²) >= 11 is 0. The molecule has 0 spiro atoms. The van der Waals surface area contributed by atoms with Gasteiger partial charge >= 0.3 is 12.0 Å². The molecule has 7 nitrogen and oxygen atoms in total. The third-order valence-corrected chi connectivity index (χ3v) is 2.95. The lowest BCUT2D eigenvalue weighted by molar-refractivity contribution is -0.160. The Kier molecular flexibility index (Phi) is 7.23. The number of amides is 3. The Morgan fingerprint density at radius 3 is 2.29 bits per heavy atom. The molecule has 3 amide bonds. The zero-order valence-electron chi connectivity index (χ0n) is 14.6. The molecule has 0 aliphatic rings.